The van der Waals surface area contributed by atoms with Crippen molar-refractivity contribution in [3.05, 3.63) is 42.7 Å². The monoisotopic (exact) mass is 378 g/mol. The zero-order chi connectivity index (χ0) is 19.2. The van der Waals surface area contributed by atoms with Gasteiger partial charge < -0.3 is 10.2 Å². The normalized spacial score (nSPS) is 19.2. The first-order valence-corrected chi connectivity index (χ1v) is 10.7. The van der Waals surface area contributed by atoms with Gasteiger partial charge in [-0.1, -0.05) is 56.0 Å². The average molecular weight is 379 g/mol. The highest BCUT2D eigenvalue weighted by atomic mass is 16.1. The van der Waals surface area contributed by atoms with Crippen LogP contribution in [0.25, 0.3) is 11.1 Å². The van der Waals surface area contributed by atoms with Crippen molar-refractivity contribution in [2.24, 2.45) is 5.92 Å². The van der Waals surface area contributed by atoms with E-state index in [0.29, 0.717) is 6.04 Å². The highest BCUT2D eigenvalue weighted by Crippen LogP contribution is 2.24. The van der Waals surface area contributed by atoms with Gasteiger partial charge in [-0.25, -0.2) is 9.97 Å². The molecular weight excluding hydrogens is 348 g/mol. The van der Waals surface area contributed by atoms with Gasteiger partial charge in [0.2, 0.25) is 11.9 Å². The van der Waals surface area contributed by atoms with Gasteiger partial charge >= 0.3 is 0 Å². The van der Waals surface area contributed by atoms with Crippen LogP contribution in [0, 0.1) is 5.92 Å². The van der Waals surface area contributed by atoms with Gasteiger partial charge in [0.05, 0.1) is 0 Å². The molecule has 0 bridgehead atoms. The van der Waals surface area contributed by atoms with Crippen LogP contribution in [0.2, 0.25) is 0 Å². The number of anilines is 1. The van der Waals surface area contributed by atoms with Gasteiger partial charge in [0.1, 0.15) is 0 Å². The molecule has 2 heterocycles. The maximum atomic E-state index is 12.7. The minimum atomic E-state index is 0.128. The Morgan fingerprint density at radius 1 is 0.857 bits per heavy atom. The molecule has 1 aliphatic carbocycles. The maximum absolute atomic E-state index is 12.7. The van der Waals surface area contributed by atoms with E-state index < -0.39 is 0 Å². The maximum Gasteiger partial charge on any atom is 0.225 e. The topological polar surface area (TPSA) is 58.1 Å². The first-order valence-electron chi connectivity index (χ1n) is 10.7. The van der Waals surface area contributed by atoms with Crippen molar-refractivity contribution in [3.8, 4) is 11.1 Å². The highest BCUT2D eigenvalue weighted by Gasteiger charge is 2.27. The van der Waals surface area contributed by atoms with E-state index in [9.17, 15) is 4.79 Å². The Balaban J connectivity index is 1.29. The quantitative estimate of drug-likeness (QED) is 0.810. The standard InChI is InChI=1S/C23H30N4O/c28-22(26-21-10-6-1-2-7-11-21)19-12-14-27(15-13-19)23-24-16-20(17-25-23)18-8-4-3-5-9-18/h3-5,8-9,16-17,19,21H,1-2,6-7,10-15H2,(H,26,28). The zero-order valence-electron chi connectivity index (χ0n) is 16.5. The number of aromatic nitrogens is 2. The van der Waals surface area contributed by atoms with Crippen molar-refractivity contribution in [2.75, 3.05) is 18.0 Å². The van der Waals surface area contributed by atoms with Gasteiger partial charge in [0.25, 0.3) is 0 Å². The predicted molar refractivity (Wildman–Crippen MR) is 112 cm³/mol. The number of piperidine rings is 1. The van der Waals surface area contributed by atoms with E-state index in [1.165, 1.54) is 25.7 Å². The molecule has 1 N–H and O–H groups in total. The number of rotatable bonds is 4. The number of benzene rings is 1. The summed E-state index contributed by atoms with van der Waals surface area (Å²) in [5.74, 6) is 1.15. The van der Waals surface area contributed by atoms with Crippen LogP contribution in [0.15, 0.2) is 42.7 Å². The molecule has 4 rings (SSSR count). The van der Waals surface area contributed by atoms with Crippen LogP contribution < -0.4 is 10.2 Å². The number of carbonyl (C=O) groups excluding carboxylic acids is 1. The second-order valence-electron chi connectivity index (χ2n) is 8.10. The SMILES string of the molecule is O=C(NC1CCCCCC1)C1CCN(c2ncc(-c3ccccc3)cn2)CC1. The molecular formula is C23H30N4O. The Hall–Kier alpha value is -2.43. The number of amides is 1. The second-order valence-corrected chi connectivity index (χ2v) is 8.10. The van der Waals surface area contributed by atoms with E-state index in [-0.39, 0.29) is 11.8 Å². The van der Waals surface area contributed by atoms with Crippen LogP contribution in [-0.4, -0.2) is 35.0 Å². The van der Waals surface area contributed by atoms with Crippen LogP contribution in [-0.2, 0) is 4.79 Å². The zero-order valence-corrected chi connectivity index (χ0v) is 16.5. The second kappa shape index (κ2) is 9.18. The third-order valence-corrected chi connectivity index (χ3v) is 6.10. The van der Waals surface area contributed by atoms with E-state index in [2.05, 4.69) is 32.3 Å². The van der Waals surface area contributed by atoms with E-state index in [1.54, 1.807) is 0 Å². The molecule has 5 nitrogen and oxygen atoms in total. The van der Waals surface area contributed by atoms with Crippen molar-refractivity contribution >= 4 is 11.9 Å². The van der Waals surface area contributed by atoms with Crippen molar-refractivity contribution in [2.45, 2.75) is 57.4 Å². The molecule has 2 fully saturated rings. The van der Waals surface area contributed by atoms with Crippen LogP contribution in [0.3, 0.4) is 0 Å². The molecule has 1 aromatic carbocycles. The highest BCUT2D eigenvalue weighted by molar-refractivity contribution is 5.79. The summed E-state index contributed by atoms with van der Waals surface area (Å²) in [5, 5.41) is 3.32. The summed E-state index contributed by atoms with van der Waals surface area (Å²) in [4.78, 5) is 24.0. The molecule has 1 amide bonds. The van der Waals surface area contributed by atoms with Crippen LogP contribution in [0.1, 0.15) is 51.4 Å². The fourth-order valence-corrected chi connectivity index (χ4v) is 4.35. The molecule has 28 heavy (non-hydrogen) atoms. The molecule has 0 spiro atoms. The molecule has 1 saturated heterocycles. The number of nitrogens with one attached hydrogen (secondary N) is 1. The van der Waals surface area contributed by atoms with Crippen LogP contribution in [0.4, 0.5) is 5.95 Å². The van der Waals surface area contributed by atoms with Gasteiger partial charge in [-0.15, -0.1) is 0 Å². The Morgan fingerprint density at radius 2 is 1.50 bits per heavy atom. The number of carbonyl (C=O) groups is 1. The minimum Gasteiger partial charge on any atom is -0.353 e. The van der Waals surface area contributed by atoms with E-state index >= 15 is 0 Å². The molecule has 5 heteroatoms. The van der Waals surface area contributed by atoms with Gasteiger partial charge in [-0.2, -0.15) is 0 Å². The van der Waals surface area contributed by atoms with Crippen molar-refractivity contribution in [3.63, 3.8) is 0 Å². The Bertz CT molecular complexity index is 746. The molecule has 1 aromatic heterocycles. The molecule has 0 unspecified atom stereocenters. The summed E-state index contributed by atoms with van der Waals surface area (Å²) >= 11 is 0. The molecule has 1 saturated carbocycles. The lowest BCUT2D eigenvalue weighted by Gasteiger charge is -2.32. The van der Waals surface area contributed by atoms with Crippen molar-refractivity contribution < 1.29 is 4.79 Å². The molecule has 2 aliphatic rings. The molecule has 2 aromatic rings. The van der Waals surface area contributed by atoms with Crippen LogP contribution in [0.5, 0.6) is 0 Å². The first kappa shape index (κ1) is 18.9. The molecule has 0 radical (unpaired) electrons. The summed E-state index contributed by atoms with van der Waals surface area (Å²) in [5.41, 5.74) is 2.16. The lowest BCUT2D eigenvalue weighted by Crippen LogP contribution is -2.44. The van der Waals surface area contributed by atoms with E-state index in [4.69, 9.17) is 0 Å². The molecule has 1 aliphatic heterocycles. The predicted octanol–water partition coefficient (Wildman–Crippen LogP) is 4.20. The number of hydrogen-bond donors (Lipinski definition) is 1. The van der Waals surface area contributed by atoms with Crippen molar-refractivity contribution in [1.29, 1.82) is 0 Å². The van der Waals surface area contributed by atoms with Gasteiger partial charge in [0.15, 0.2) is 0 Å². The number of hydrogen-bond acceptors (Lipinski definition) is 4. The lowest BCUT2D eigenvalue weighted by molar-refractivity contribution is -0.126. The fraction of sp³-hybridized carbons (Fsp3) is 0.522. The Morgan fingerprint density at radius 3 is 2.14 bits per heavy atom. The van der Waals surface area contributed by atoms with Gasteiger partial charge in [0, 0.05) is 43.0 Å². The smallest absolute Gasteiger partial charge is 0.225 e. The fourth-order valence-electron chi connectivity index (χ4n) is 4.35. The third kappa shape index (κ3) is 4.70. The minimum absolute atomic E-state index is 0.128. The summed E-state index contributed by atoms with van der Waals surface area (Å²) < 4.78 is 0. The molecule has 0 atom stereocenters. The van der Waals surface area contributed by atoms with E-state index in [1.807, 2.05) is 30.6 Å². The van der Waals surface area contributed by atoms with E-state index in [0.717, 1.165) is 55.8 Å². The summed E-state index contributed by atoms with van der Waals surface area (Å²) in [6, 6.07) is 10.6. The van der Waals surface area contributed by atoms with Crippen LogP contribution >= 0.6 is 0 Å². The van der Waals surface area contributed by atoms with Gasteiger partial charge in [-0.3, -0.25) is 4.79 Å². The Kier molecular flexibility index (Phi) is 6.20. The van der Waals surface area contributed by atoms with Gasteiger partial charge in [-0.05, 0) is 31.2 Å². The average Bonchev–Trinajstić information content (AvgIpc) is 3.03. The Labute approximate surface area is 167 Å². The third-order valence-electron chi connectivity index (χ3n) is 6.10. The van der Waals surface area contributed by atoms with Crippen molar-refractivity contribution in [1.82, 2.24) is 15.3 Å². The summed E-state index contributed by atoms with van der Waals surface area (Å²) in [6.07, 6.45) is 13.0. The largest absolute Gasteiger partial charge is 0.353 e. The lowest BCUT2D eigenvalue weighted by atomic mass is 9.95. The molecule has 148 valence electrons. The summed E-state index contributed by atoms with van der Waals surface area (Å²) in [7, 11) is 0. The first-order chi connectivity index (χ1) is 13.8. The number of nitrogens with zero attached hydrogens (tertiary/aromatic N) is 3. The summed E-state index contributed by atoms with van der Waals surface area (Å²) in [6.45, 7) is 1.68.